The number of likely N-dealkylation sites (tertiary alicyclic amines) is 1. The molecule has 0 radical (unpaired) electrons. The number of hydrogen-bond acceptors (Lipinski definition) is 3. The van der Waals surface area contributed by atoms with Crippen LogP contribution in [0.5, 0.6) is 0 Å². The lowest BCUT2D eigenvalue weighted by atomic mass is 9.81. The fraction of sp³-hybridized carbons (Fsp3) is 0.867. The average Bonchev–Trinajstić information content (AvgIpc) is 2.68. The zero-order valence-corrected chi connectivity index (χ0v) is 12.0. The molecule has 1 atom stereocenters. The maximum atomic E-state index is 12.4. The first kappa shape index (κ1) is 14.3. The number of nitrogens with zero attached hydrogens (tertiary/aromatic N) is 2. The van der Waals surface area contributed by atoms with Crippen molar-refractivity contribution < 1.29 is 4.79 Å². The van der Waals surface area contributed by atoms with E-state index in [1.807, 2.05) is 0 Å². The summed E-state index contributed by atoms with van der Waals surface area (Å²) in [5.74, 6) is -0.0304. The standard InChI is InChI=1S/C15H25N3O/c1-18-10-6-7-13(18)11-17-14(19)15(12-16)8-4-2-3-5-9-15/h13H,2-11H2,1H3,(H,17,19). The van der Waals surface area contributed by atoms with Crippen LogP contribution in [0.1, 0.15) is 51.4 Å². The molecule has 1 unspecified atom stereocenters. The van der Waals surface area contributed by atoms with E-state index in [1.165, 1.54) is 6.42 Å². The molecule has 1 saturated carbocycles. The van der Waals surface area contributed by atoms with Crippen molar-refractivity contribution in [1.82, 2.24) is 10.2 Å². The van der Waals surface area contributed by atoms with Gasteiger partial charge in [0.2, 0.25) is 5.91 Å². The van der Waals surface area contributed by atoms with Crippen LogP contribution in [-0.2, 0) is 4.79 Å². The van der Waals surface area contributed by atoms with E-state index in [2.05, 4.69) is 23.3 Å². The minimum absolute atomic E-state index is 0.0304. The topological polar surface area (TPSA) is 56.1 Å². The summed E-state index contributed by atoms with van der Waals surface area (Å²) in [4.78, 5) is 14.7. The third kappa shape index (κ3) is 3.27. The molecule has 1 N–H and O–H groups in total. The molecule has 2 rings (SSSR count). The van der Waals surface area contributed by atoms with Crippen LogP contribution >= 0.6 is 0 Å². The minimum atomic E-state index is -0.756. The van der Waals surface area contributed by atoms with Crippen LogP contribution in [0, 0.1) is 16.7 Å². The van der Waals surface area contributed by atoms with Crippen molar-refractivity contribution in [3.63, 3.8) is 0 Å². The van der Waals surface area contributed by atoms with Gasteiger partial charge in [0.05, 0.1) is 6.07 Å². The van der Waals surface area contributed by atoms with Crippen molar-refractivity contribution in [3.05, 3.63) is 0 Å². The van der Waals surface area contributed by atoms with Crippen LogP contribution in [0.15, 0.2) is 0 Å². The fourth-order valence-electron chi connectivity index (χ4n) is 3.34. The molecule has 1 saturated heterocycles. The van der Waals surface area contributed by atoms with E-state index in [1.54, 1.807) is 0 Å². The van der Waals surface area contributed by atoms with Crippen LogP contribution in [0.4, 0.5) is 0 Å². The number of carbonyl (C=O) groups excluding carboxylic acids is 1. The summed E-state index contributed by atoms with van der Waals surface area (Å²) in [5.41, 5.74) is -0.756. The highest BCUT2D eigenvalue weighted by molar-refractivity contribution is 5.85. The van der Waals surface area contributed by atoms with Gasteiger partial charge in [-0.15, -0.1) is 0 Å². The molecule has 1 aliphatic carbocycles. The number of carbonyl (C=O) groups is 1. The largest absolute Gasteiger partial charge is 0.353 e. The predicted octanol–water partition coefficient (Wildman–Crippen LogP) is 2.06. The molecule has 0 aromatic carbocycles. The number of nitriles is 1. The summed E-state index contributed by atoms with van der Waals surface area (Å²) < 4.78 is 0. The van der Waals surface area contributed by atoms with Gasteiger partial charge in [0, 0.05) is 12.6 Å². The highest BCUT2D eigenvalue weighted by atomic mass is 16.2. The van der Waals surface area contributed by atoms with Crippen molar-refractivity contribution >= 4 is 5.91 Å². The Hall–Kier alpha value is -1.08. The quantitative estimate of drug-likeness (QED) is 0.793. The summed E-state index contributed by atoms with van der Waals surface area (Å²) in [6.07, 6.45) is 8.14. The third-order valence-electron chi connectivity index (χ3n) is 4.78. The van der Waals surface area contributed by atoms with Gasteiger partial charge in [0.1, 0.15) is 5.41 Å². The fourth-order valence-corrected chi connectivity index (χ4v) is 3.34. The van der Waals surface area contributed by atoms with Gasteiger partial charge in [-0.05, 0) is 39.3 Å². The summed E-state index contributed by atoms with van der Waals surface area (Å²) in [6, 6.07) is 2.77. The minimum Gasteiger partial charge on any atom is -0.353 e. The summed E-state index contributed by atoms with van der Waals surface area (Å²) in [7, 11) is 2.11. The van der Waals surface area contributed by atoms with E-state index < -0.39 is 5.41 Å². The van der Waals surface area contributed by atoms with Crippen LogP contribution in [0.3, 0.4) is 0 Å². The van der Waals surface area contributed by atoms with Gasteiger partial charge in [0.15, 0.2) is 0 Å². The lowest BCUT2D eigenvalue weighted by Crippen LogP contribution is -2.45. The SMILES string of the molecule is CN1CCCC1CNC(=O)C1(C#N)CCCCCC1. The number of nitrogens with one attached hydrogen (secondary N) is 1. The van der Waals surface area contributed by atoms with E-state index in [4.69, 9.17) is 0 Å². The number of rotatable bonds is 3. The van der Waals surface area contributed by atoms with Gasteiger partial charge < -0.3 is 10.2 Å². The van der Waals surface area contributed by atoms with Gasteiger partial charge in [-0.25, -0.2) is 0 Å². The average molecular weight is 263 g/mol. The smallest absolute Gasteiger partial charge is 0.240 e. The second kappa shape index (κ2) is 6.38. The number of hydrogen-bond donors (Lipinski definition) is 1. The molecule has 0 bridgehead atoms. The van der Waals surface area contributed by atoms with Crippen molar-refractivity contribution in [1.29, 1.82) is 5.26 Å². The molecule has 2 aliphatic rings. The monoisotopic (exact) mass is 263 g/mol. The first-order valence-electron chi connectivity index (χ1n) is 7.58. The first-order valence-corrected chi connectivity index (χ1v) is 7.58. The molecular weight excluding hydrogens is 238 g/mol. The van der Waals surface area contributed by atoms with Crippen LogP contribution < -0.4 is 5.32 Å². The van der Waals surface area contributed by atoms with E-state index in [-0.39, 0.29) is 5.91 Å². The van der Waals surface area contributed by atoms with Crippen LogP contribution in [-0.4, -0.2) is 37.0 Å². The molecule has 0 aromatic heterocycles. The molecule has 4 heteroatoms. The second-order valence-corrected chi connectivity index (χ2v) is 6.09. The molecule has 0 spiro atoms. The third-order valence-corrected chi connectivity index (χ3v) is 4.78. The predicted molar refractivity (Wildman–Crippen MR) is 74.4 cm³/mol. The molecule has 1 amide bonds. The van der Waals surface area contributed by atoms with Gasteiger partial charge in [-0.2, -0.15) is 5.26 Å². The van der Waals surface area contributed by atoms with E-state index in [0.29, 0.717) is 12.6 Å². The molecule has 19 heavy (non-hydrogen) atoms. The van der Waals surface area contributed by atoms with Crippen molar-refractivity contribution in [2.24, 2.45) is 5.41 Å². The highest BCUT2D eigenvalue weighted by Crippen LogP contribution is 2.34. The molecule has 1 aliphatic heterocycles. The molecule has 4 nitrogen and oxygen atoms in total. The number of likely N-dealkylation sites (N-methyl/N-ethyl adjacent to an activating group) is 1. The summed E-state index contributed by atoms with van der Waals surface area (Å²) in [5, 5.41) is 12.5. The summed E-state index contributed by atoms with van der Waals surface area (Å²) >= 11 is 0. The van der Waals surface area contributed by atoms with Gasteiger partial charge in [-0.3, -0.25) is 4.79 Å². The Labute approximate surface area is 116 Å². The van der Waals surface area contributed by atoms with E-state index in [9.17, 15) is 10.1 Å². The second-order valence-electron chi connectivity index (χ2n) is 6.09. The highest BCUT2D eigenvalue weighted by Gasteiger charge is 2.39. The Kier molecular flexibility index (Phi) is 4.81. The van der Waals surface area contributed by atoms with E-state index in [0.717, 1.165) is 51.5 Å². The molecular formula is C15H25N3O. The Balaban J connectivity index is 1.91. The first-order chi connectivity index (χ1) is 9.18. The van der Waals surface area contributed by atoms with Crippen molar-refractivity contribution in [2.75, 3.05) is 20.1 Å². The Bertz CT molecular complexity index is 353. The van der Waals surface area contributed by atoms with Gasteiger partial charge >= 0.3 is 0 Å². The molecule has 106 valence electrons. The van der Waals surface area contributed by atoms with Gasteiger partial charge in [-0.1, -0.05) is 25.7 Å². The Morgan fingerprint density at radius 3 is 2.53 bits per heavy atom. The lowest BCUT2D eigenvalue weighted by Gasteiger charge is -2.26. The zero-order chi connectivity index (χ0) is 13.7. The number of amides is 1. The maximum absolute atomic E-state index is 12.4. The van der Waals surface area contributed by atoms with Crippen molar-refractivity contribution in [3.8, 4) is 6.07 Å². The lowest BCUT2D eigenvalue weighted by molar-refractivity contribution is -0.129. The Morgan fingerprint density at radius 1 is 1.32 bits per heavy atom. The normalized spacial score (nSPS) is 27.5. The zero-order valence-electron chi connectivity index (χ0n) is 12.0. The molecule has 2 fully saturated rings. The van der Waals surface area contributed by atoms with E-state index >= 15 is 0 Å². The summed E-state index contributed by atoms with van der Waals surface area (Å²) in [6.45, 7) is 1.81. The Morgan fingerprint density at radius 2 is 2.00 bits per heavy atom. The van der Waals surface area contributed by atoms with Gasteiger partial charge in [0.25, 0.3) is 0 Å². The molecule has 0 aromatic rings. The maximum Gasteiger partial charge on any atom is 0.240 e. The van der Waals surface area contributed by atoms with Crippen LogP contribution in [0.25, 0.3) is 0 Å². The van der Waals surface area contributed by atoms with Crippen molar-refractivity contribution in [2.45, 2.75) is 57.4 Å². The molecule has 1 heterocycles. The van der Waals surface area contributed by atoms with Crippen LogP contribution in [0.2, 0.25) is 0 Å².